The van der Waals surface area contributed by atoms with Crippen molar-refractivity contribution >= 4 is 5.69 Å². The van der Waals surface area contributed by atoms with Crippen molar-refractivity contribution in [2.24, 2.45) is 0 Å². The maximum atomic E-state index is 13.1. The number of halogens is 1. The third-order valence-corrected chi connectivity index (χ3v) is 1.93. The van der Waals surface area contributed by atoms with E-state index >= 15 is 0 Å². The summed E-state index contributed by atoms with van der Waals surface area (Å²) >= 11 is 0. The monoisotopic (exact) mass is 189 g/mol. The normalized spacial score (nSPS) is 10.1. The van der Waals surface area contributed by atoms with Gasteiger partial charge < -0.3 is 5.73 Å². The van der Waals surface area contributed by atoms with Gasteiger partial charge in [0.25, 0.3) is 0 Å². The molecule has 14 heavy (non-hydrogen) atoms. The molecule has 0 amide bonds. The predicted molar refractivity (Wildman–Crippen MR) is 51.8 cm³/mol. The van der Waals surface area contributed by atoms with Gasteiger partial charge in [-0.25, -0.2) is 4.39 Å². The molecule has 0 fully saturated rings. The second-order valence-corrected chi connectivity index (χ2v) is 2.82. The quantitative estimate of drug-likeness (QED) is 0.744. The molecule has 0 bridgehead atoms. The molecule has 0 aliphatic heterocycles. The van der Waals surface area contributed by atoms with Gasteiger partial charge in [-0.05, 0) is 17.7 Å². The first-order valence-corrected chi connectivity index (χ1v) is 4.08. The standard InChI is InChI=1S/C10H8FN3/c11-9-6-14-5-8(10(9)12)7-1-3-13-4-2-7/h1-6H,(H2,12,14). The van der Waals surface area contributed by atoms with Gasteiger partial charge in [0.2, 0.25) is 0 Å². The van der Waals surface area contributed by atoms with Crippen molar-refractivity contribution in [3.63, 3.8) is 0 Å². The van der Waals surface area contributed by atoms with Crippen LogP contribution in [-0.4, -0.2) is 9.97 Å². The summed E-state index contributed by atoms with van der Waals surface area (Å²) in [5, 5.41) is 0. The lowest BCUT2D eigenvalue weighted by molar-refractivity contribution is 0.627. The van der Waals surface area contributed by atoms with E-state index in [1.165, 1.54) is 6.20 Å². The van der Waals surface area contributed by atoms with E-state index < -0.39 is 5.82 Å². The van der Waals surface area contributed by atoms with Crippen LogP contribution in [0.4, 0.5) is 10.1 Å². The fourth-order valence-electron chi connectivity index (χ4n) is 1.21. The highest BCUT2D eigenvalue weighted by Gasteiger charge is 2.06. The third-order valence-electron chi connectivity index (χ3n) is 1.93. The smallest absolute Gasteiger partial charge is 0.164 e. The number of nitrogens with two attached hydrogens (primary N) is 1. The molecule has 2 heterocycles. The fourth-order valence-corrected chi connectivity index (χ4v) is 1.21. The van der Waals surface area contributed by atoms with Crippen molar-refractivity contribution in [1.82, 2.24) is 9.97 Å². The van der Waals surface area contributed by atoms with Gasteiger partial charge in [-0.15, -0.1) is 0 Å². The van der Waals surface area contributed by atoms with Gasteiger partial charge in [-0.1, -0.05) is 0 Å². The molecule has 0 radical (unpaired) electrons. The molecule has 2 aromatic rings. The molecule has 0 atom stereocenters. The van der Waals surface area contributed by atoms with Crippen LogP contribution in [0.5, 0.6) is 0 Å². The van der Waals surface area contributed by atoms with Gasteiger partial charge in [0, 0.05) is 24.2 Å². The first kappa shape index (κ1) is 8.62. The third kappa shape index (κ3) is 1.42. The van der Waals surface area contributed by atoms with E-state index in [1.54, 1.807) is 24.5 Å². The number of hydrogen-bond donors (Lipinski definition) is 1. The lowest BCUT2D eigenvalue weighted by Crippen LogP contribution is -1.95. The van der Waals surface area contributed by atoms with Crippen molar-refractivity contribution in [1.29, 1.82) is 0 Å². The van der Waals surface area contributed by atoms with E-state index in [9.17, 15) is 4.39 Å². The number of nitrogens with zero attached hydrogens (tertiary/aromatic N) is 2. The molecule has 2 rings (SSSR count). The minimum Gasteiger partial charge on any atom is -0.396 e. The minimum atomic E-state index is -0.501. The molecule has 2 aromatic heterocycles. The maximum absolute atomic E-state index is 13.1. The van der Waals surface area contributed by atoms with Gasteiger partial charge >= 0.3 is 0 Å². The van der Waals surface area contributed by atoms with Crippen molar-refractivity contribution in [3.05, 3.63) is 42.7 Å². The van der Waals surface area contributed by atoms with E-state index in [4.69, 9.17) is 5.73 Å². The van der Waals surface area contributed by atoms with E-state index in [2.05, 4.69) is 9.97 Å². The highest BCUT2D eigenvalue weighted by Crippen LogP contribution is 2.25. The lowest BCUT2D eigenvalue weighted by Gasteiger charge is -2.04. The molecule has 0 aromatic carbocycles. The SMILES string of the molecule is Nc1c(F)cncc1-c1ccncc1. The first-order chi connectivity index (χ1) is 6.79. The van der Waals surface area contributed by atoms with E-state index in [-0.39, 0.29) is 5.69 Å². The van der Waals surface area contributed by atoms with Crippen LogP contribution in [0.3, 0.4) is 0 Å². The summed E-state index contributed by atoms with van der Waals surface area (Å²) in [5.74, 6) is -0.501. The van der Waals surface area contributed by atoms with Crippen molar-refractivity contribution in [2.45, 2.75) is 0 Å². The van der Waals surface area contributed by atoms with E-state index in [0.29, 0.717) is 5.56 Å². The van der Waals surface area contributed by atoms with Crippen molar-refractivity contribution in [3.8, 4) is 11.1 Å². The Balaban J connectivity index is 2.58. The summed E-state index contributed by atoms with van der Waals surface area (Å²) in [6.45, 7) is 0. The maximum Gasteiger partial charge on any atom is 0.164 e. The van der Waals surface area contributed by atoms with Gasteiger partial charge in [-0.3, -0.25) is 9.97 Å². The zero-order valence-electron chi connectivity index (χ0n) is 7.31. The number of rotatable bonds is 1. The predicted octanol–water partition coefficient (Wildman–Crippen LogP) is 1.86. The zero-order valence-corrected chi connectivity index (χ0v) is 7.31. The second-order valence-electron chi connectivity index (χ2n) is 2.82. The number of nitrogen functional groups attached to an aromatic ring is 1. The van der Waals surface area contributed by atoms with E-state index in [0.717, 1.165) is 11.8 Å². The Morgan fingerprint density at radius 3 is 2.50 bits per heavy atom. The molecule has 70 valence electrons. The summed E-state index contributed by atoms with van der Waals surface area (Å²) in [6.07, 6.45) is 5.88. The Labute approximate surface area is 80.4 Å². The Kier molecular flexibility index (Phi) is 2.10. The van der Waals surface area contributed by atoms with Crippen LogP contribution in [0.15, 0.2) is 36.9 Å². The second kappa shape index (κ2) is 3.41. The number of pyridine rings is 2. The minimum absolute atomic E-state index is 0.117. The Bertz CT molecular complexity index is 442. The molecule has 0 saturated heterocycles. The van der Waals surface area contributed by atoms with Crippen molar-refractivity contribution < 1.29 is 4.39 Å². The first-order valence-electron chi connectivity index (χ1n) is 4.08. The number of aromatic nitrogens is 2. The Morgan fingerprint density at radius 1 is 1.07 bits per heavy atom. The van der Waals surface area contributed by atoms with Gasteiger partial charge in [0.05, 0.1) is 11.9 Å². The molecule has 0 aliphatic carbocycles. The van der Waals surface area contributed by atoms with Gasteiger partial charge in [-0.2, -0.15) is 0 Å². The van der Waals surface area contributed by atoms with Gasteiger partial charge in [0.1, 0.15) is 0 Å². The highest BCUT2D eigenvalue weighted by atomic mass is 19.1. The molecule has 0 spiro atoms. The van der Waals surface area contributed by atoms with Crippen LogP contribution in [0.25, 0.3) is 11.1 Å². The topological polar surface area (TPSA) is 51.8 Å². The zero-order chi connectivity index (χ0) is 9.97. The largest absolute Gasteiger partial charge is 0.396 e. The Morgan fingerprint density at radius 2 is 1.79 bits per heavy atom. The molecule has 0 aliphatic rings. The van der Waals surface area contributed by atoms with Crippen LogP contribution in [0.1, 0.15) is 0 Å². The van der Waals surface area contributed by atoms with Crippen LogP contribution < -0.4 is 5.73 Å². The van der Waals surface area contributed by atoms with Gasteiger partial charge in [0.15, 0.2) is 5.82 Å². The molecular formula is C10H8FN3. The Hall–Kier alpha value is -1.97. The van der Waals surface area contributed by atoms with Crippen LogP contribution in [0, 0.1) is 5.82 Å². The summed E-state index contributed by atoms with van der Waals surface area (Å²) in [7, 11) is 0. The van der Waals surface area contributed by atoms with Crippen molar-refractivity contribution in [2.75, 3.05) is 5.73 Å². The fraction of sp³-hybridized carbons (Fsp3) is 0. The number of anilines is 1. The summed E-state index contributed by atoms with van der Waals surface area (Å²) in [6, 6.07) is 3.51. The molecule has 4 heteroatoms. The lowest BCUT2D eigenvalue weighted by atomic mass is 10.1. The van der Waals surface area contributed by atoms with Crippen LogP contribution in [-0.2, 0) is 0 Å². The average Bonchev–Trinajstić information content (AvgIpc) is 2.23. The number of hydrogen-bond acceptors (Lipinski definition) is 3. The molecule has 0 saturated carbocycles. The molecule has 3 nitrogen and oxygen atoms in total. The van der Waals surface area contributed by atoms with Crippen LogP contribution in [0.2, 0.25) is 0 Å². The molecule has 0 unspecified atom stereocenters. The summed E-state index contributed by atoms with van der Waals surface area (Å²) < 4.78 is 13.1. The summed E-state index contributed by atoms with van der Waals surface area (Å²) in [4.78, 5) is 7.61. The molecular weight excluding hydrogens is 181 g/mol. The highest BCUT2D eigenvalue weighted by molar-refractivity contribution is 5.75. The average molecular weight is 189 g/mol. The van der Waals surface area contributed by atoms with Crippen LogP contribution >= 0.6 is 0 Å². The summed E-state index contributed by atoms with van der Waals surface area (Å²) in [5.41, 5.74) is 7.10. The molecule has 2 N–H and O–H groups in total. The van der Waals surface area contributed by atoms with E-state index in [1.807, 2.05) is 0 Å².